The Balaban J connectivity index is 3.04. The van der Waals surface area contributed by atoms with Gasteiger partial charge in [-0.15, -0.1) is 0 Å². The fourth-order valence-corrected chi connectivity index (χ4v) is 2.83. The highest BCUT2D eigenvalue weighted by Gasteiger charge is 2.50. The number of amides is 2. The molecule has 0 aliphatic carbocycles. The second-order valence-corrected chi connectivity index (χ2v) is 7.15. The summed E-state index contributed by atoms with van der Waals surface area (Å²) >= 11 is 0. The summed E-state index contributed by atoms with van der Waals surface area (Å²) in [7, 11) is 0. The average Bonchev–Trinajstić information content (AvgIpc) is 2.33. The molecule has 1 N–H and O–H groups in total. The van der Waals surface area contributed by atoms with E-state index in [0.717, 1.165) is 19.3 Å². The van der Waals surface area contributed by atoms with Crippen molar-refractivity contribution in [2.75, 3.05) is 6.54 Å². The van der Waals surface area contributed by atoms with Crippen molar-refractivity contribution in [1.29, 1.82) is 0 Å². The van der Waals surface area contributed by atoms with Crippen LogP contribution in [0, 0.1) is 5.41 Å². The second-order valence-electron chi connectivity index (χ2n) is 7.15. The van der Waals surface area contributed by atoms with Crippen molar-refractivity contribution in [2.45, 2.75) is 78.8 Å². The van der Waals surface area contributed by atoms with Crippen LogP contribution in [0.1, 0.15) is 67.2 Å². The summed E-state index contributed by atoms with van der Waals surface area (Å²) in [4.78, 5) is 27.1. The van der Waals surface area contributed by atoms with Crippen molar-refractivity contribution in [3.63, 3.8) is 0 Å². The fraction of sp³-hybridized carbons (Fsp3) is 0.875. The highest BCUT2D eigenvalue weighted by Crippen LogP contribution is 2.31. The molecule has 4 nitrogen and oxygen atoms in total. The van der Waals surface area contributed by atoms with Gasteiger partial charge in [-0.2, -0.15) is 0 Å². The number of hydrogen-bond donors (Lipinski definition) is 1. The van der Waals surface area contributed by atoms with Gasteiger partial charge < -0.3 is 10.2 Å². The molecule has 20 heavy (non-hydrogen) atoms. The number of hydrogen-bond acceptors (Lipinski definition) is 2. The first-order chi connectivity index (χ1) is 9.17. The summed E-state index contributed by atoms with van der Waals surface area (Å²) in [6.07, 6.45) is 3.78. The second kappa shape index (κ2) is 6.15. The van der Waals surface area contributed by atoms with Crippen molar-refractivity contribution >= 4 is 11.8 Å². The van der Waals surface area contributed by atoms with E-state index in [0.29, 0.717) is 13.0 Å². The van der Waals surface area contributed by atoms with Gasteiger partial charge in [0.2, 0.25) is 11.8 Å². The normalized spacial score (nSPS) is 27.7. The first kappa shape index (κ1) is 17.0. The third-order valence-electron chi connectivity index (χ3n) is 4.22. The molecule has 1 saturated heterocycles. The Morgan fingerprint density at radius 2 is 1.80 bits per heavy atom. The molecule has 0 saturated carbocycles. The lowest BCUT2D eigenvalue weighted by Crippen LogP contribution is -2.71. The summed E-state index contributed by atoms with van der Waals surface area (Å²) in [6.45, 7) is 12.7. The molecule has 1 aliphatic heterocycles. The molecular formula is C16H30N2O2. The number of nitrogens with one attached hydrogen (secondary N) is 1. The van der Waals surface area contributed by atoms with Crippen molar-refractivity contribution < 1.29 is 9.59 Å². The molecule has 4 heteroatoms. The zero-order valence-electron chi connectivity index (χ0n) is 13.9. The Morgan fingerprint density at radius 1 is 1.20 bits per heavy atom. The van der Waals surface area contributed by atoms with E-state index in [-0.39, 0.29) is 23.3 Å². The molecule has 1 heterocycles. The van der Waals surface area contributed by atoms with Gasteiger partial charge in [-0.1, -0.05) is 47.5 Å². The Kier molecular flexibility index (Phi) is 5.22. The van der Waals surface area contributed by atoms with Gasteiger partial charge in [-0.05, 0) is 25.2 Å². The molecule has 0 spiro atoms. The minimum atomic E-state index is -0.745. The topological polar surface area (TPSA) is 49.4 Å². The van der Waals surface area contributed by atoms with Crippen LogP contribution in [0.5, 0.6) is 0 Å². The monoisotopic (exact) mass is 282 g/mol. The Bertz CT molecular complexity index is 373. The van der Waals surface area contributed by atoms with Crippen LogP contribution in [0.25, 0.3) is 0 Å². The minimum absolute atomic E-state index is 0.0158. The van der Waals surface area contributed by atoms with E-state index in [4.69, 9.17) is 0 Å². The maximum absolute atomic E-state index is 12.8. The van der Waals surface area contributed by atoms with Crippen LogP contribution in [0.15, 0.2) is 0 Å². The van der Waals surface area contributed by atoms with Gasteiger partial charge in [0.25, 0.3) is 0 Å². The molecule has 1 fully saturated rings. The maximum Gasteiger partial charge on any atom is 0.248 e. The summed E-state index contributed by atoms with van der Waals surface area (Å²) in [5, 5.41) is 2.94. The Morgan fingerprint density at radius 3 is 2.25 bits per heavy atom. The van der Waals surface area contributed by atoms with Gasteiger partial charge >= 0.3 is 0 Å². The third kappa shape index (κ3) is 3.33. The molecule has 2 unspecified atom stereocenters. The van der Waals surface area contributed by atoms with Crippen LogP contribution in [-0.2, 0) is 9.59 Å². The minimum Gasteiger partial charge on any atom is -0.340 e. The van der Waals surface area contributed by atoms with E-state index in [1.807, 2.05) is 39.5 Å². The van der Waals surface area contributed by atoms with E-state index in [1.54, 1.807) is 0 Å². The first-order valence-corrected chi connectivity index (χ1v) is 7.80. The lowest BCUT2D eigenvalue weighted by atomic mass is 9.80. The number of rotatable bonds is 5. The molecule has 0 radical (unpaired) electrons. The van der Waals surface area contributed by atoms with E-state index in [9.17, 15) is 9.59 Å². The molecule has 1 aliphatic rings. The molecule has 0 aromatic rings. The van der Waals surface area contributed by atoms with Crippen LogP contribution >= 0.6 is 0 Å². The number of carbonyl (C=O) groups is 2. The molecule has 1 rings (SSSR count). The van der Waals surface area contributed by atoms with E-state index >= 15 is 0 Å². The predicted molar refractivity (Wildman–Crippen MR) is 81.3 cm³/mol. The van der Waals surface area contributed by atoms with Gasteiger partial charge in [0.05, 0.1) is 0 Å². The summed E-state index contributed by atoms with van der Waals surface area (Å²) < 4.78 is 0. The van der Waals surface area contributed by atoms with Crippen LogP contribution in [0.2, 0.25) is 0 Å². The SMILES string of the molecule is CCCCCN1C(=O)C(C)(CC)NC(=O)C1C(C)(C)C. The highest BCUT2D eigenvalue weighted by atomic mass is 16.2. The molecule has 2 atom stereocenters. The smallest absolute Gasteiger partial charge is 0.248 e. The Labute approximate surface area is 123 Å². The third-order valence-corrected chi connectivity index (χ3v) is 4.22. The van der Waals surface area contributed by atoms with Gasteiger partial charge in [-0.3, -0.25) is 9.59 Å². The van der Waals surface area contributed by atoms with Crippen LogP contribution in [0.3, 0.4) is 0 Å². The zero-order valence-corrected chi connectivity index (χ0v) is 13.9. The summed E-state index contributed by atoms with van der Waals surface area (Å²) in [5.41, 5.74) is -0.994. The predicted octanol–water partition coefficient (Wildman–Crippen LogP) is 2.72. The number of unbranched alkanes of at least 4 members (excludes halogenated alkanes) is 2. The van der Waals surface area contributed by atoms with Crippen molar-refractivity contribution in [2.24, 2.45) is 5.41 Å². The van der Waals surface area contributed by atoms with Gasteiger partial charge in [0, 0.05) is 6.54 Å². The Hall–Kier alpha value is -1.06. The van der Waals surface area contributed by atoms with Crippen molar-refractivity contribution in [3.8, 4) is 0 Å². The van der Waals surface area contributed by atoms with Gasteiger partial charge in [0.15, 0.2) is 0 Å². The fourth-order valence-electron chi connectivity index (χ4n) is 2.83. The van der Waals surface area contributed by atoms with Gasteiger partial charge in [0.1, 0.15) is 11.6 Å². The van der Waals surface area contributed by atoms with Crippen molar-refractivity contribution in [1.82, 2.24) is 10.2 Å². The van der Waals surface area contributed by atoms with Crippen LogP contribution < -0.4 is 5.32 Å². The standard InChI is InChI=1S/C16H30N2O2/c1-7-9-10-11-18-12(15(3,4)5)13(19)17-16(6,8-2)14(18)20/h12H,7-11H2,1-6H3,(H,17,19). The highest BCUT2D eigenvalue weighted by molar-refractivity contribution is 5.99. The van der Waals surface area contributed by atoms with Gasteiger partial charge in [-0.25, -0.2) is 0 Å². The summed E-state index contributed by atoms with van der Waals surface area (Å²) in [6, 6.07) is -0.369. The zero-order chi connectivity index (χ0) is 15.6. The van der Waals surface area contributed by atoms with Crippen LogP contribution in [0.4, 0.5) is 0 Å². The van der Waals surface area contributed by atoms with E-state index < -0.39 is 5.54 Å². The molecular weight excluding hydrogens is 252 g/mol. The molecule has 0 aromatic carbocycles. The lowest BCUT2D eigenvalue weighted by Gasteiger charge is -2.48. The number of piperazine rings is 1. The average molecular weight is 282 g/mol. The lowest BCUT2D eigenvalue weighted by molar-refractivity contribution is -0.159. The molecule has 0 bridgehead atoms. The quantitative estimate of drug-likeness (QED) is 0.788. The summed E-state index contributed by atoms with van der Waals surface area (Å²) in [5.74, 6) is 0.0496. The molecule has 2 amide bonds. The first-order valence-electron chi connectivity index (χ1n) is 7.80. The molecule has 0 aromatic heterocycles. The number of carbonyl (C=O) groups excluding carboxylic acids is 2. The number of nitrogens with zero attached hydrogens (tertiary/aromatic N) is 1. The maximum atomic E-state index is 12.8. The largest absolute Gasteiger partial charge is 0.340 e. The van der Waals surface area contributed by atoms with Crippen LogP contribution in [-0.4, -0.2) is 34.8 Å². The molecule has 116 valence electrons. The van der Waals surface area contributed by atoms with Crippen molar-refractivity contribution in [3.05, 3.63) is 0 Å². The van der Waals surface area contributed by atoms with E-state index in [1.165, 1.54) is 0 Å². The van der Waals surface area contributed by atoms with E-state index in [2.05, 4.69) is 12.2 Å².